The maximum absolute atomic E-state index is 12.4. The Bertz CT molecular complexity index is 315. The van der Waals surface area contributed by atoms with Crippen LogP contribution in [0.25, 0.3) is 0 Å². The molecule has 2 rings (SSSR count). The van der Waals surface area contributed by atoms with Gasteiger partial charge in [-0.2, -0.15) is 0 Å². The maximum Gasteiger partial charge on any atom is 0.317 e. The molecule has 4 nitrogen and oxygen atoms in total. The average Bonchev–Trinajstić information content (AvgIpc) is 3.27. The molecule has 2 fully saturated rings. The molecule has 0 radical (unpaired) electrons. The normalized spacial score (nSPS) is 24.2. The van der Waals surface area contributed by atoms with Crippen molar-refractivity contribution in [3.05, 3.63) is 0 Å². The number of hydrogen-bond donors (Lipinski definition) is 1. The summed E-state index contributed by atoms with van der Waals surface area (Å²) in [6.07, 6.45) is 6.20. The van der Waals surface area contributed by atoms with E-state index in [1.807, 2.05) is 0 Å². The van der Waals surface area contributed by atoms with Crippen molar-refractivity contribution in [1.82, 2.24) is 15.1 Å². The molecule has 0 unspecified atom stereocenters. The van der Waals surface area contributed by atoms with Gasteiger partial charge >= 0.3 is 6.03 Å². The molecule has 0 spiro atoms. The molecule has 20 heavy (non-hydrogen) atoms. The van der Waals surface area contributed by atoms with E-state index in [1.165, 1.54) is 25.7 Å². The SMILES string of the molecule is CCCCCNC(=O)N1CCN(C2CC2)C[C@@H]1C(C)C. The molecule has 4 heteroatoms. The number of nitrogens with one attached hydrogen (secondary N) is 1. The molecule has 2 amide bonds. The van der Waals surface area contributed by atoms with E-state index in [-0.39, 0.29) is 6.03 Å². The molecule has 1 heterocycles. The van der Waals surface area contributed by atoms with Gasteiger partial charge in [-0.1, -0.05) is 33.6 Å². The second kappa shape index (κ2) is 7.30. The molecule has 0 bridgehead atoms. The Balaban J connectivity index is 1.83. The summed E-state index contributed by atoms with van der Waals surface area (Å²) in [6, 6.07) is 1.33. The van der Waals surface area contributed by atoms with Gasteiger partial charge in [0.15, 0.2) is 0 Å². The van der Waals surface area contributed by atoms with Crippen LogP contribution in [0.15, 0.2) is 0 Å². The molecule has 0 aromatic rings. The lowest BCUT2D eigenvalue weighted by Crippen LogP contribution is -2.59. The van der Waals surface area contributed by atoms with Crippen LogP contribution in [-0.4, -0.2) is 54.1 Å². The van der Waals surface area contributed by atoms with Gasteiger partial charge in [-0.25, -0.2) is 4.79 Å². The highest BCUT2D eigenvalue weighted by molar-refractivity contribution is 5.74. The summed E-state index contributed by atoms with van der Waals surface area (Å²) in [6.45, 7) is 10.5. The summed E-state index contributed by atoms with van der Waals surface area (Å²) in [5, 5.41) is 3.10. The minimum atomic E-state index is 0.148. The molecule has 2 aliphatic rings. The van der Waals surface area contributed by atoms with E-state index in [0.717, 1.165) is 38.6 Å². The smallest absolute Gasteiger partial charge is 0.317 e. The molecule has 0 aromatic carbocycles. The van der Waals surface area contributed by atoms with Gasteiger partial charge in [0, 0.05) is 38.3 Å². The molecule has 0 aromatic heterocycles. The minimum absolute atomic E-state index is 0.148. The van der Waals surface area contributed by atoms with E-state index in [9.17, 15) is 4.79 Å². The third kappa shape index (κ3) is 4.11. The molecule has 1 saturated carbocycles. The zero-order chi connectivity index (χ0) is 14.5. The Labute approximate surface area is 123 Å². The zero-order valence-electron chi connectivity index (χ0n) is 13.4. The lowest BCUT2D eigenvalue weighted by Gasteiger charge is -2.43. The molecule has 1 aliphatic carbocycles. The van der Waals surface area contributed by atoms with Crippen LogP contribution in [0.4, 0.5) is 4.79 Å². The van der Waals surface area contributed by atoms with Crippen molar-refractivity contribution in [2.24, 2.45) is 5.92 Å². The van der Waals surface area contributed by atoms with Gasteiger partial charge in [-0.3, -0.25) is 4.90 Å². The Kier molecular flexibility index (Phi) is 5.70. The van der Waals surface area contributed by atoms with Gasteiger partial charge in [-0.15, -0.1) is 0 Å². The number of urea groups is 1. The summed E-state index contributed by atoms with van der Waals surface area (Å²) in [4.78, 5) is 17.0. The molecule has 116 valence electrons. The summed E-state index contributed by atoms with van der Waals surface area (Å²) < 4.78 is 0. The van der Waals surface area contributed by atoms with Crippen LogP contribution in [0.5, 0.6) is 0 Å². The Morgan fingerprint density at radius 3 is 2.60 bits per heavy atom. The van der Waals surface area contributed by atoms with E-state index in [4.69, 9.17) is 0 Å². The first kappa shape index (κ1) is 15.6. The van der Waals surface area contributed by atoms with Gasteiger partial charge in [0.25, 0.3) is 0 Å². The fourth-order valence-corrected chi connectivity index (χ4v) is 3.10. The zero-order valence-corrected chi connectivity index (χ0v) is 13.4. The highest BCUT2D eigenvalue weighted by Crippen LogP contribution is 2.30. The number of carbonyl (C=O) groups excluding carboxylic acids is 1. The van der Waals surface area contributed by atoms with Crippen molar-refractivity contribution >= 4 is 6.03 Å². The molecular formula is C16H31N3O. The second-order valence-corrected chi connectivity index (χ2v) is 6.67. The first-order chi connectivity index (χ1) is 9.63. The van der Waals surface area contributed by atoms with E-state index in [2.05, 4.69) is 35.9 Å². The number of nitrogens with zero attached hydrogens (tertiary/aromatic N) is 2. The van der Waals surface area contributed by atoms with Crippen LogP contribution in [0.3, 0.4) is 0 Å². The summed E-state index contributed by atoms with van der Waals surface area (Å²) in [5.74, 6) is 0.526. The average molecular weight is 281 g/mol. The van der Waals surface area contributed by atoms with E-state index >= 15 is 0 Å². The molecule has 1 saturated heterocycles. The van der Waals surface area contributed by atoms with Crippen molar-refractivity contribution < 1.29 is 4.79 Å². The quantitative estimate of drug-likeness (QED) is 0.760. The number of carbonyl (C=O) groups is 1. The largest absolute Gasteiger partial charge is 0.338 e. The lowest BCUT2D eigenvalue weighted by atomic mass is 10.00. The van der Waals surface area contributed by atoms with Crippen molar-refractivity contribution in [2.75, 3.05) is 26.2 Å². The highest BCUT2D eigenvalue weighted by atomic mass is 16.2. The predicted octanol–water partition coefficient (Wildman–Crippen LogP) is 2.69. The fourth-order valence-electron chi connectivity index (χ4n) is 3.10. The fraction of sp³-hybridized carbons (Fsp3) is 0.938. The number of hydrogen-bond acceptors (Lipinski definition) is 2. The van der Waals surface area contributed by atoms with Crippen LogP contribution in [-0.2, 0) is 0 Å². The van der Waals surface area contributed by atoms with Gasteiger partial charge in [0.1, 0.15) is 0 Å². The van der Waals surface area contributed by atoms with Crippen LogP contribution >= 0.6 is 0 Å². The Morgan fingerprint density at radius 2 is 2.00 bits per heavy atom. The Morgan fingerprint density at radius 1 is 1.25 bits per heavy atom. The van der Waals surface area contributed by atoms with Crippen LogP contribution in [0.1, 0.15) is 52.9 Å². The molecular weight excluding hydrogens is 250 g/mol. The second-order valence-electron chi connectivity index (χ2n) is 6.67. The predicted molar refractivity (Wildman–Crippen MR) is 82.9 cm³/mol. The standard InChI is InChI=1S/C16H31N3O/c1-4-5-6-9-17-16(20)19-11-10-18(14-7-8-14)12-15(19)13(2)3/h13-15H,4-12H2,1-3H3,(H,17,20)/t15-/m1/s1. The molecule has 1 N–H and O–H groups in total. The monoisotopic (exact) mass is 281 g/mol. The Hall–Kier alpha value is -0.770. The lowest BCUT2D eigenvalue weighted by molar-refractivity contribution is 0.0681. The van der Waals surface area contributed by atoms with Gasteiger partial charge in [0.2, 0.25) is 0 Å². The summed E-state index contributed by atoms with van der Waals surface area (Å²) in [5.41, 5.74) is 0. The third-order valence-corrected chi connectivity index (χ3v) is 4.60. The van der Waals surface area contributed by atoms with Gasteiger partial charge in [-0.05, 0) is 25.2 Å². The van der Waals surface area contributed by atoms with Crippen LogP contribution in [0.2, 0.25) is 0 Å². The molecule has 1 aliphatic heterocycles. The van der Waals surface area contributed by atoms with Crippen molar-refractivity contribution in [3.8, 4) is 0 Å². The number of unbranched alkanes of at least 4 members (excludes halogenated alkanes) is 2. The summed E-state index contributed by atoms with van der Waals surface area (Å²) in [7, 11) is 0. The number of amides is 2. The van der Waals surface area contributed by atoms with Gasteiger partial charge < -0.3 is 10.2 Å². The number of rotatable bonds is 6. The van der Waals surface area contributed by atoms with E-state index < -0.39 is 0 Å². The van der Waals surface area contributed by atoms with E-state index in [0.29, 0.717) is 12.0 Å². The first-order valence-electron chi connectivity index (χ1n) is 8.42. The highest BCUT2D eigenvalue weighted by Gasteiger charge is 2.38. The van der Waals surface area contributed by atoms with Crippen molar-refractivity contribution in [3.63, 3.8) is 0 Å². The van der Waals surface area contributed by atoms with Crippen molar-refractivity contribution in [1.29, 1.82) is 0 Å². The molecule has 1 atom stereocenters. The topological polar surface area (TPSA) is 35.6 Å². The van der Waals surface area contributed by atoms with E-state index in [1.54, 1.807) is 0 Å². The summed E-state index contributed by atoms with van der Waals surface area (Å²) >= 11 is 0. The maximum atomic E-state index is 12.4. The van der Waals surface area contributed by atoms with Gasteiger partial charge in [0.05, 0.1) is 0 Å². The third-order valence-electron chi connectivity index (χ3n) is 4.60. The van der Waals surface area contributed by atoms with Crippen LogP contribution in [0, 0.1) is 5.92 Å². The first-order valence-corrected chi connectivity index (χ1v) is 8.42. The van der Waals surface area contributed by atoms with Crippen molar-refractivity contribution in [2.45, 2.75) is 65.0 Å². The number of piperazine rings is 1. The minimum Gasteiger partial charge on any atom is -0.338 e. The van der Waals surface area contributed by atoms with Crippen LogP contribution < -0.4 is 5.32 Å².